The summed E-state index contributed by atoms with van der Waals surface area (Å²) in [5.41, 5.74) is 7.70. The summed E-state index contributed by atoms with van der Waals surface area (Å²) in [5.74, 6) is -0.0583. The molecule has 1 atom stereocenters. The largest absolute Gasteiger partial charge is 0.354 e. The van der Waals surface area contributed by atoms with E-state index in [0.29, 0.717) is 13.0 Å². The molecule has 0 heterocycles. The molecule has 1 amide bonds. The Hall–Kier alpha value is -1.35. The summed E-state index contributed by atoms with van der Waals surface area (Å²) in [7, 11) is 0. The number of hydrogen-bond acceptors (Lipinski definition) is 2. The molecule has 3 heteroatoms. The lowest BCUT2D eigenvalue weighted by atomic mass is 9.96. The van der Waals surface area contributed by atoms with Gasteiger partial charge in [-0.05, 0) is 32.3 Å². The van der Waals surface area contributed by atoms with Gasteiger partial charge in [0.25, 0.3) is 0 Å². The van der Waals surface area contributed by atoms with Crippen molar-refractivity contribution in [2.24, 2.45) is 5.73 Å². The van der Waals surface area contributed by atoms with Crippen molar-refractivity contribution in [3.8, 4) is 0 Å². The predicted molar refractivity (Wildman–Crippen MR) is 75.4 cm³/mol. The monoisotopic (exact) mass is 248 g/mol. The van der Waals surface area contributed by atoms with E-state index in [-0.39, 0.29) is 5.91 Å². The number of benzene rings is 1. The van der Waals surface area contributed by atoms with E-state index in [0.717, 1.165) is 12.8 Å². The molecule has 0 aromatic heterocycles. The van der Waals surface area contributed by atoms with E-state index in [2.05, 4.69) is 30.4 Å². The average Bonchev–Trinajstić information content (AvgIpc) is 2.28. The molecular formula is C15H24N2O. The standard InChI is InChI=1S/C15H24N2O/c1-4-9-15(3,16)14(18)17-10-8-13-7-5-6-12(2)11-13/h5-7,11H,4,8-10,16H2,1-3H3,(H,17,18). The van der Waals surface area contributed by atoms with E-state index in [9.17, 15) is 4.79 Å². The van der Waals surface area contributed by atoms with Gasteiger partial charge in [0.15, 0.2) is 0 Å². The van der Waals surface area contributed by atoms with Gasteiger partial charge in [-0.3, -0.25) is 4.79 Å². The molecule has 1 aromatic rings. The van der Waals surface area contributed by atoms with Gasteiger partial charge in [-0.1, -0.05) is 43.2 Å². The topological polar surface area (TPSA) is 55.1 Å². The van der Waals surface area contributed by atoms with Gasteiger partial charge in [-0.2, -0.15) is 0 Å². The molecule has 0 aliphatic rings. The maximum atomic E-state index is 11.9. The lowest BCUT2D eigenvalue weighted by molar-refractivity contribution is -0.126. The minimum Gasteiger partial charge on any atom is -0.354 e. The fourth-order valence-electron chi connectivity index (χ4n) is 2.02. The van der Waals surface area contributed by atoms with Crippen molar-refractivity contribution >= 4 is 5.91 Å². The van der Waals surface area contributed by atoms with Crippen LogP contribution in [0.3, 0.4) is 0 Å². The van der Waals surface area contributed by atoms with Crippen LogP contribution in [-0.2, 0) is 11.2 Å². The first-order valence-electron chi connectivity index (χ1n) is 6.58. The zero-order valence-electron chi connectivity index (χ0n) is 11.6. The number of carbonyl (C=O) groups excluding carboxylic acids is 1. The molecule has 100 valence electrons. The highest BCUT2D eigenvalue weighted by molar-refractivity contribution is 5.85. The summed E-state index contributed by atoms with van der Waals surface area (Å²) in [5, 5.41) is 2.91. The van der Waals surface area contributed by atoms with Crippen molar-refractivity contribution < 1.29 is 4.79 Å². The maximum absolute atomic E-state index is 11.9. The molecule has 18 heavy (non-hydrogen) atoms. The molecular weight excluding hydrogens is 224 g/mol. The second-order valence-corrected chi connectivity index (χ2v) is 5.16. The highest BCUT2D eigenvalue weighted by atomic mass is 16.2. The van der Waals surface area contributed by atoms with Crippen molar-refractivity contribution in [1.82, 2.24) is 5.32 Å². The molecule has 3 N–H and O–H groups in total. The van der Waals surface area contributed by atoms with Gasteiger partial charge in [-0.15, -0.1) is 0 Å². The lowest BCUT2D eigenvalue weighted by Crippen LogP contribution is -2.51. The molecule has 0 saturated heterocycles. The van der Waals surface area contributed by atoms with E-state index < -0.39 is 5.54 Å². The Morgan fingerprint density at radius 1 is 1.44 bits per heavy atom. The van der Waals surface area contributed by atoms with E-state index in [1.54, 1.807) is 6.92 Å². The molecule has 1 rings (SSSR count). The predicted octanol–water partition coefficient (Wildman–Crippen LogP) is 2.17. The van der Waals surface area contributed by atoms with Crippen LogP contribution in [0.1, 0.15) is 37.8 Å². The molecule has 0 fully saturated rings. The molecule has 1 unspecified atom stereocenters. The first kappa shape index (κ1) is 14.7. The van der Waals surface area contributed by atoms with Gasteiger partial charge in [0.05, 0.1) is 5.54 Å². The third-order valence-corrected chi connectivity index (χ3v) is 3.07. The fraction of sp³-hybridized carbons (Fsp3) is 0.533. The molecule has 3 nitrogen and oxygen atoms in total. The van der Waals surface area contributed by atoms with Gasteiger partial charge in [0.2, 0.25) is 5.91 Å². The number of amides is 1. The fourth-order valence-corrected chi connectivity index (χ4v) is 2.02. The minimum atomic E-state index is -0.749. The number of nitrogens with one attached hydrogen (secondary N) is 1. The smallest absolute Gasteiger partial charge is 0.239 e. The van der Waals surface area contributed by atoms with Crippen LogP contribution in [0.25, 0.3) is 0 Å². The van der Waals surface area contributed by atoms with Gasteiger partial charge in [-0.25, -0.2) is 0 Å². The zero-order chi connectivity index (χ0) is 13.6. The summed E-state index contributed by atoms with van der Waals surface area (Å²) in [6.07, 6.45) is 2.47. The summed E-state index contributed by atoms with van der Waals surface area (Å²) in [6, 6.07) is 8.32. The van der Waals surface area contributed by atoms with Crippen molar-refractivity contribution in [3.05, 3.63) is 35.4 Å². The quantitative estimate of drug-likeness (QED) is 0.810. The van der Waals surface area contributed by atoms with E-state index >= 15 is 0 Å². The van der Waals surface area contributed by atoms with Gasteiger partial charge in [0, 0.05) is 6.54 Å². The first-order chi connectivity index (χ1) is 8.45. The van der Waals surface area contributed by atoms with Gasteiger partial charge >= 0.3 is 0 Å². The molecule has 1 aromatic carbocycles. The van der Waals surface area contributed by atoms with Crippen LogP contribution < -0.4 is 11.1 Å². The van der Waals surface area contributed by atoms with Gasteiger partial charge < -0.3 is 11.1 Å². The third-order valence-electron chi connectivity index (χ3n) is 3.07. The highest BCUT2D eigenvalue weighted by Crippen LogP contribution is 2.08. The Kier molecular flexibility index (Phi) is 5.35. The number of rotatable bonds is 6. The summed E-state index contributed by atoms with van der Waals surface area (Å²) < 4.78 is 0. The van der Waals surface area contributed by atoms with Crippen molar-refractivity contribution in [2.45, 2.75) is 45.6 Å². The van der Waals surface area contributed by atoms with Crippen molar-refractivity contribution in [2.75, 3.05) is 6.54 Å². The summed E-state index contributed by atoms with van der Waals surface area (Å²) >= 11 is 0. The first-order valence-corrected chi connectivity index (χ1v) is 6.58. The number of hydrogen-bond donors (Lipinski definition) is 2. The lowest BCUT2D eigenvalue weighted by Gasteiger charge is -2.22. The Bertz CT molecular complexity index is 399. The summed E-state index contributed by atoms with van der Waals surface area (Å²) in [6.45, 7) is 6.53. The highest BCUT2D eigenvalue weighted by Gasteiger charge is 2.26. The number of aryl methyl sites for hydroxylation is 1. The van der Waals surface area contributed by atoms with Crippen LogP contribution in [-0.4, -0.2) is 18.0 Å². The maximum Gasteiger partial charge on any atom is 0.239 e. The second kappa shape index (κ2) is 6.55. The Balaban J connectivity index is 2.40. The zero-order valence-corrected chi connectivity index (χ0v) is 11.6. The second-order valence-electron chi connectivity index (χ2n) is 5.16. The molecule has 0 aliphatic carbocycles. The summed E-state index contributed by atoms with van der Waals surface area (Å²) in [4.78, 5) is 11.9. The van der Waals surface area contributed by atoms with Crippen LogP contribution in [0.15, 0.2) is 24.3 Å². The molecule has 0 spiro atoms. The molecule has 0 aliphatic heterocycles. The Morgan fingerprint density at radius 2 is 2.17 bits per heavy atom. The van der Waals surface area contributed by atoms with Gasteiger partial charge in [0.1, 0.15) is 0 Å². The van der Waals surface area contributed by atoms with E-state index in [1.807, 2.05) is 13.0 Å². The van der Waals surface area contributed by atoms with Crippen LogP contribution in [0.5, 0.6) is 0 Å². The van der Waals surface area contributed by atoms with Crippen LogP contribution in [0, 0.1) is 6.92 Å². The average molecular weight is 248 g/mol. The van der Waals surface area contributed by atoms with E-state index in [1.165, 1.54) is 11.1 Å². The van der Waals surface area contributed by atoms with Crippen LogP contribution in [0.2, 0.25) is 0 Å². The van der Waals surface area contributed by atoms with Crippen molar-refractivity contribution in [1.29, 1.82) is 0 Å². The van der Waals surface area contributed by atoms with Crippen molar-refractivity contribution in [3.63, 3.8) is 0 Å². The normalized spacial score (nSPS) is 14.0. The SMILES string of the molecule is CCCC(C)(N)C(=O)NCCc1cccc(C)c1. The van der Waals surface area contributed by atoms with Crippen LogP contribution in [0.4, 0.5) is 0 Å². The molecule has 0 bridgehead atoms. The Morgan fingerprint density at radius 3 is 2.78 bits per heavy atom. The molecule has 0 saturated carbocycles. The number of nitrogens with two attached hydrogens (primary N) is 1. The molecule has 0 radical (unpaired) electrons. The number of carbonyl (C=O) groups is 1. The Labute approximate surface area is 110 Å². The minimum absolute atomic E-state index is 0.0583. The third kappa shape index (κ3) is 4.49. The van der Waals surface area contributed by atoms with Crippen LogP contribution >= 0.6 is 0 Å². The van der Waals surface area contributed by atoms with E-state index in [4.69, 9.17) is 5.73 Å².